The van der Waals surface area contributed by atoms with Gasteiger partial charge in [-0.25, -0.2) is 4.99 Å². The van der Waals surface area contributed by atoms with Crippen molar-refractivity contribution in [3.8, 4) is 0 Å². The number of carbonyl (C=O) groups excluding carboxylic acids is 3. The third-order valence-electron chi connectivity index (χ3n) is 5.87. The van der Waals surface area contributed by atoms with Gasteiger partial charge in [-0.15, -0.1) is 0 Å². The van der Waals surface area contributed by atoms with Crippen LogP contribution in [0.4, 0.5) is 0 Å². The van der Waals surface area contributed by atoms with Gasteiger partial charge in [-0.3, -0.25) is 19.3 Å². The van der Waals surface area contributed by atoms with Crippen LogP contribution in [0.2, 0.25) is 0 Å². The van der Waals surface area contributed by atoms with Crippen molar-refractivity contribution in [2.45, 2.75) is 65.8 Å². The number of nitrogens with one attached hydrogen (secondary N) is 1. The molecule has 1 aromatic rings. The number of hydrogen-bond donors (Lipinski definition) is 2. The van der Waals surface area contributed by atoms with Gasteiger partial charge in [0.2, 0.25) is 0 Å². The molecule has 30 heavy (non-hydrogen) atoms. The quantitative estimate of drug-likeness (QED) is 0.533. The van der Waals surface area contributed by atoms with Gasteiger partial charge in [0, 0.05) is 32.2 Å². The molecule has 0 aromatic heterocycles. The summed E-state index contributed by atoms with van der Waals surface area (Å²) in [5.41, 5.74) is 1.71. The van der Waals surface area contributed by atoms with Crippen LogP contribution in [-0.2, 0) is 4.79 Å². The van der Waals surface area contributed by atoms with Crippen molar-refractivity contribution in [3.63, 3.8) is 0 Å². The summed E-state index contributed by atoms with van der Waals surface area (Å²) >= 11 is 0. The first-order chi connectivity index (χ1) is 14.1. The standard InChI is InChI=1S/C24H30N2O4/c1-5-15(2)25-18(21-19(27)13-24(3,4)14-20(21)28)11-8-12-26-22(29)16-9-6-7-10-17(16)23(26)30/h6-7,9-10,15,27H,5,8,11-14H2,1-4H3/p+1/t15-/m1/s1. The number of hydrogen-bond acceptors (Lipinski definition) is 4. The van der Waals surface area contributed by atoms with Gasteiger partial charge in [-0.2, -0.15) is 0 Å². The summed E-state index contributed by atoms with van der Waals surface area (Å²) in [5, 5.41) is 10.6. The summed E-state index contributed by atoms with van der Waals surface area (Å²) in [6.07, 6.45) is 2.70. The number of aliphatic hydroxyl groups is 1. The molecular formula is C24H31N2O4+. The number of imide groups is 1. The Morgan fingerprint density at radius 1 is 1.13 bits per heavy atom. The van der Waals surface area contributed by atoms with Crippen molar-refractivity contribution in [3.05, 3.63) is 46.7 Å². The minimum atomic E-state index is -0.274. The first-order valence-electron chi connectivity index (χ1n) is 10.7. The average molecular weight is 412 g/mol. The van der Waals surface area contributed by atoms with E-state index in [9.17, 15) is 19.5 Å². The molecule has 1 aliphatic heterocycles. The Hall–Kier alpha value is -2.76. The lowest BCUT2D eigenvalue weighted by Crippen LogP contribution is -2.79. The monoisotopic (exact) mass is 411 g/mol. The van der Waals surface area contributed by atoms with E-state index in [2.05, 4.69) is 4.99 Å². The lowest BCUT2D eigenvalue weighted by Gasteiger charge is -2.29. The number of benzene rings is 1. The summed E-state index contributed by atoms with van der Waals surface area (Å²) in [6.45, 7) is 8.29. The zero-order valence-corrected chi connectivity index (χ0v) is 18.2. The highest BCUT2D eigenvalue weighted by Gasteiger charge is 2.38. The normalized spacial score (nSPS) is 20.1. The SMILES string of the molecule is CC[C@@H](C)[NH+]=C(CCCN1C(=O)c2ccccc2C1=O)C1=C(O)CC(C)(C)CC1=O. The van der Waals surface area contributed by atoms with Crippen LogP contribution in [0.3, 0.4) is 0 Å². The summed E-state index contributed by atoms with van der Waals surface area (Å²) in [4.78, 5) is 42.6. The first-order valence-corrected chi connectivity index (χ1v) is 10.7. The zero-order valence-electron chi connectivity index (χ0n) is 18.2. The molecule has 1 aromatic carbocycles. The molecule has 160 valence electrons. The molecule has 2 aliphatic rings. The maximum Gasteiger partial charge on any atom is 0.261 e. The molecule has 0 unspecified atom stereocenters. The van der Waals surface area contributed by atoms with Gasteiger partial charge in [0.1, 0.15) is 17.4 Å². The number of ketones is 1. The number of nitrogens with zero attached hydrogens (tertiary/aromatic N) is 1. The molecule has 6 nitrogen and oxygen atoms in total. The van der Waals surface area contributed by atoms with Gasteiger partial charge < -0.3 is 5.11 Å². The molecule has 0 fully saturated rings. The van der Waals surface area contributed by atoms with Crippen LogP contribution in [-0.4, -0.2) is 45.9 Å². The van der Waals surface area contributed by atoms with Gasteiger partial charge in [-0.05, 0) is 30.9 Å². The van der Waals surface area contributed by atoms with E-state index in [4.69, 9.17) is 0 Å². The predicted molar refractivity (Wildman–Crippen MR) is 114 cm³/mol. The van der Waals surface area contributed by atoms with Crippen LogP contribution in [0, 0.1) is 5.41 Å². The van der Waals surface area contributed by atoms with Crippen molar-refractivity contribution in [1.82, 2.24) is 4.90 Å². The van der Waals surface area contributed by atoms with Crippen LogP contribution >= 0.6 is 0 Å². The fourth-order valence-electron chi connectivity index (χ4n) is 4.16. The number of rotatable bonds is 7. The highest BCUT2D eigenvalue weighted by molar-refractivity contribution is 6.22. The minimum Gasteiger partial charge on any atom is -0.511 e. The van der Waals surface area contributed by atoms with Crippen LogP contribution < -0.4 is 4.99 Å². The number of aliphatic hydroxyl groups excluding tert-OH is 1. The van der Waals surface area contributed by atoms with E-state index in [0.29, 0.717) is 48.1 Å². The second-order valence-electron chi connectivity index (χ2n) is 9.11. The van der Waals surface area contributed by atoms with E-state index in [1.165, 1.54) is 4.90 Å². The highest BCUT2D eigenvalue weighted by Crippen LogP contribution is 2.36. The zero-order chi connectivity index (χ0) is 22.1. The Bertz CT molecular complexity index is 907. The molecular weight excluding hydrogens is 380 g/mol. The fraction of sp³-hybridized carbons (Fsp3) is 0.500. The van der Waals surface area contributed by atoms with Crippen molar-refractivity contribution in [2.24, 2.45) is 5.41 Å². The minimum absolute atomic E-state index is 0.0599. The van der Waals surface area contributed by atoms with Crippen molar-refractivity contribution in [2.75, 3.05) is 6.54 Å². The van der Waals surface area contributed by atoms with Crippen LogP contribution in [0.25, 0.3) is 0 Å². The molecule has 3 rings (SSSR count). The maximum absolute atomic E-state index is 12.8. The van der Waals surface area contributed by atoms with Crippen molar-refractivity contribution < 1.29 is 24.5 Å². The Balaban J connectivity index is 1.77. The van der Waals surface area contributed by atoms with Crippen molar-refractivity contribution in [1.29, 1.82) is 0 Å². The summed E-state index contributed by atoms with van der Waals surface area (Å²) in [6, 6.07) is 6.98. The number of fused-ring (bicyclic) bond motifs is 1. The van der Waals surface area contributed by atoms with Gasteiger partial charge >= 0.3 is 0 Å². The summed E-state index contributed by atoms with van der Waals surface area (Å²) in [7, 11) is 0. The van der Waals surface area contributed by atoms with Gasteiger partial charge in [-0.1, -0.05) is 32.9 Å². The highest BCUT2D eigenvalue weighted by atomic mass is 16.3. The lowest BCUT2D eigenvalue weighted by atomic mass is 9.75. The van der Waals surface area contributed by atoms with Crippen LogP contribution in [0.15, 0.2) is 35.6 Å². The number of Topliss-reactive ketones (excluding diaryl/α,β-unsaturated/α-hetero) is 1. The molecule has 1 aliphatic carbocycles. The van der Waals surface area contributed by atoms with E-state index in [1.807, 2.05) is 27.7 Å². The molecule has 6 heteroatoms. The average Bonchev–Trinajstić information content (AvgIpc) is 2.91. The van der Waals surface area contributed by atoms with Crippen molar-refractivity contribution >= 4 is 23.3 Å². The van der Waals surface area contributed by atoms with Gasteiger partial charge in [0.25, 0.3) is 11.8 Å². The maximum atomic E-state index is 12.8. The van der Waals surface area contributed by atoms with E-state index >= 15 is 0 Å². The van der Waals surface area contributed by atoms with E-state index in [0.717, 1.165) is 6.42 Å². The van der Waals surface area contributed by atoms with E-state index < -0.39 is 0 Å². The van der Waals surface area contributed by atoms with Gasteiger partial charge in [0.05, 0.1) is 11.1 Å². The first kappa shape index (κ1) is 21.9. The van der Waals surface area contributed by atoms with E-state index in [-0.39, 0.29) is 41.4 Å². The number of carbonyl (C=O) groups is 3. The Labute approximate surface area is 177 Å². The molecule has 0 saturated carbocycles. The smallest absolute Gasteiger partial charge is 0.261 e. The molecule has 0 radical (unpaired) electrons. The topological polar surface area (TPSA) is 88.7 Å². The second kappa shape index (κ2) is 8.54. The Morgan fingerprint density at radius 2 is 1.73 bits per heavy atom. The number of amides is 2. The molecule has 1 atom stereocenters. The Kier molecular flexibility index (Phi) is 6.25. The fourth-order valence-corrected chi connectivity index (χ4v) is 4.16. The predicted octanol–water partition coefficient (Wildman–Crippen LogP) is 2.58. The third-order valence-corrected chi connectivity index (χ3v) is 5.87. The summed E-state index contributed by atoms with van der Waals surface area (Å²) < 4.78 is 0. The third kappa shape index (κ3) is 4.37. The van der Waals surface area contributed by atoms with Crippen LogP contribution in [0.1, 0.15) is 80.5 Å². The van der Waals surface area contributed by atoms with E-state index in [1.54, 1.807) is 24.3 Å². The molecule has 0 bridgehead atoms. The van der Waals surface area contributed by atoms with Crippen LogP contribution in [0.5, 0.6) is 0 Å². The van der Waals surface area contributed by atoms with Gasteiger partial charge in [0.15, 0.2) is 11.5 Å². The Morgan fingerprint density at radius 3 is 2.27 bits per heavy atom. The molecule has 1 heterocycles. The second-order valence-corrected chi connectivity index (χ2v) is 9.11. The molecule has 0 saturated heterocycles. The summed E-state index contributed by atoms with van der Waals surface area (Å²) in [5.74, 6) is -0.479. The molecule has 2 N–H and O–H groups in total. The number of allylic oxidation sites excluding steroid dienone is 2. The largest absolute Gasteiger partial charge is 0.511 e. The lowest BCUT2D eigenvalue weighted by molar-refractivity contribution is -0.499. The molecule has 2 amide bonds. The molecule has 0 spiro atoms.